The van der Waals surface area contributed by atoms with Crippen molar-refractivity contribution < 1.29 is 23.8 Å². The third-order valence-corrected chi connectivity index (χ3v) is 6.50. The van der Waals surface area contributed by atoms with Crippen molar-refractivity contribution in [1.29, 1.82) is 0 Å². The Morgan fingerprint density at radius 3 is 2.56 bits per heavy atom. The number of nitrogens with zero attached hydrogens (tertiary/aromatic N) is 1. The SMILES string of the molecule is COC(=O)c1ccc2c(c1)NC(=O)/C2=C1\C=C(c2ccc(CN3CCOCC3)cc2)C(C)(C)O1. The molecular formula is C27H28N2O5. The molecule has 0 unspecified atom stereocenters. The van der Waals surface area contributed by atoms with Crippen molar-refractivity contribution >= 4 is 28.7 Å². The Bertz CT molecular complexity index is 1200. The molecule has 2 aromatic carbocycles. The molecule has 2 aromatic rings. The van der Waals surface area contributed by atoms with E-state index in [2.05, 4.69) is 34.5 Å². The lowest BCUT2D eigenvalue weighted by molar-refractivity contribution is -0.111. The van der Waals surface area contributed by atoms with Crippen LogP contribution in [-0.4, -0.2) is 55.8 Å². The smallest absolute Gasteiger partial charge is 0.337 e. The van der Waals surface area contributed by atoms with E-state index < -0.39 is 11.6 Å². The number of benzene rings is 2. The first kappa shape index (κ1) is 22.4. The molecule has 1 N–H and O–H groups in total. The minimum absolute atomic E-state index is 0.249. The maximum absolute atomic E-state index is 12.8. The lowest BCUT2D eigenvalue weighted by Crippen LogP contribution is -2.35. The molecule has 0 spiro atoms. The molecule has 5 rings (SSSR count). The molecule has 0 aliphatic carbocycles. The number of morpholine rings is 1. The predicted octanol–water partition coefficient (Wildman–Crippen LogP) is 3.86. The minimum atomic E-state index is -0.594. The molecule has 0 atom stereocenters. The van der Waals surface area contributed by atoms with Crippen molar-refractivity contribution in [1.82, 2.24) is 4.90 Å². The summed E-state index contributed by atoms with van der Waals surface area (Å²) in [4.78, 5) is 27.1. The highest BCUT2D eigenvalue weighted by Crippen LogP contribution is 2.44. The van der Waals surface area contributed by atoms with Gasteiger partial charge in [-0.3, -0.25) is 9.69 Å². The number of anilines is 1. The number of methoxy groups -OCH3 is 1. The molecule has 34 heavy (non-hydrogen) atoms. The second-order valence-electron chi connectivity index (χ2n) is 9.20. The van der Waals surface area contributed by atoms with Gasteiger partial charge in [-0.15, -0.1) is 0 Å². The van der Waals surface area contributed by atoms with Crippen molar-refractivity contribution in [2.75, 3.05) is 38.7 Å². The van der Waals surface area contributed by atoms with Crippen molar-refractivity contribution in [3.8, 4) is 0 Å². The molecule has 176 valence electrons. The predicted molar refractivity (Wildman–Crippen MR) is 129 cm³/mol. The van der Waals surface area contributed by atoms with Crippen LogP contribution >= 0.6 is 0 Å². The number of hydrogen-bond donors (Lipinski definition) is 1. The molecule has 3 heterocycles. The highest BCUT2D eigenvalue weighted by Gasteiger charge is 2.38. The van der Waals surface area contributed by atoms with E-state index >= 15 is 0 Å². The summed E-state index contributed by atoms with van der Waals surface area (Å²) in [6, 6.07) is 13.6. The Morgan fingerprint density at radius 1 is 1.12 bits per heavy atom. The van der Waals surface area contributed by atoms with E-state index in [1.807, 2.05) is 19.9 Å². The average Bonchev–Trinajstić information content (AvgIpc) is 3.33. The quantitative estimate of drug-likeness (QED) is 0.552. The number of hydrogen-bond acceptors (Lipinski definition) is 6. The Labute approximate surface area is 199 Å². The topological polar surface area (TPSA) is 77.1 Å². The summed E-state index contributed by atoms with van der Waals surface area (Å²) in [5.41, 5.74) is 4.88. The molecular weight excluding hydrogens is 432 g/mol. The lowest BCUT2D eigenvalue weighted by Gasteiger charge is -2.27. The highest BCUT2D eigenvalue weighted by molar-refractivity contribution is 6.32. The summed E-state index contributed by atoms with van der Waals surface area (Å²) in [6.45, 7) is 8.39. The number of allylic oxidation sites excluding steroid dienone is 1. The number of ether oxygens (including phenoxy) is 3. The van der Waals surface area contributed by atoms with Crippen LogP contribution < -0.4 is 5.32 Å². The summed E-state index contributed by atoms with van der Waals surface area (Å²) in [5.74, 6) is -0.170. The Kier molecular flexibility index (Phi) is 5.75. The van der Waals surface area contributed by atoms with Crippen molar-refractivity contribution in [2.24, 2.45) is 0 Å². The monoisotopic (exact) mass is 460 g/mol. The molecule has 0 saturated carbocycles. The van der Waals surface area contributed by atoms with Crippen molar-refractivity contribution in [2.45, 2.75) is 26.0 Å². The van der Waals surface area contributed by atoms with Gasteiger partial charge in [0.1, 0.15) is 11.4 Å². The van der Waals surface area contributed by atoms with E-state index in [9.17, 15) is 9.59 Å². The van der Waals surface area contributed by atoms with Crippen LogP contribution in [0, 0.1) is 0 Å². The third-order valence-electron chi connectivity index (χ3n) is 6.50. The summed E-state index contributed by atoms with van der Waals surface area (Å²) in [7, 11) is 1.33. The maximum atomic E-state index is 12.8. The van der Waals surface area contributed by atoms with Gasteiger partial charge in [-0.25, -0.2) is 4.79 Å². The third kappa shape index (κ3) is 4.13. The molecule has 7 nitrogen and oxygen atoms in total. The van der Waals surface area contributed by atoms with Gasteiger partial charge in [0.05, 0.1) is 37.1 Å². The van der Waals surface area contributed by atoms with Gasteiger partial charge in [0.15, 0.2) is 0 Å². The molecule has 3 aliphatic rings. The zero-order chi connectivity index (χ0) is 23.9. The van der Waals surface area contributed by atoms with Crippen LogP contribution in [0.15, 0.2) is 54.3 Å². The second-order valence-corrected chi connectivity index (χ2v) is 9.20. The van der Waals surface area contributed by atoms with Crippen molar-refractivity contribution in [3.05, 3.63) is 76.6 Å². The zero-order valence-electron chi connectivity index (χ0n) is 19.6. The molecule has 1 fully saturated rings. The fourth-order valence-corrected chi connectivity index (χ4v) is 4.69. The van der Waals surface area contributed by atoms with Crippen LogP contribution in [-0.2, 0) is 25.5 Å². The number of amides is 1. The molecule has 7 heteroatoms. The first-order valence-electron chi connectivity index (χ1n) is 11.4. The first-order valence-corrected chi connectivity index (χ1v) is 11.4. The van der Waals surface area contributed by atoms with Gasteiger partial charge in [-0.05, 0) is 43.2 Å². The first-order chi connectivity index (χ1) is 16.4. The zero-order valence-corrected chi connectivity index (χ0v) is 19.6. The minimum Gasteiger partial charge on any atom is -0.482 e. The Hall–Kier alpha value is -3.42. The molecule has 0 aromatic heterocycles. The molecule has 1 amide bonds. The molecule has 1 saturated heterocycles. The van der Waals surface area contributed by atoms with Crippen LogP contribution in [0.1, 0.15) is 40.9 Å². The Balaban J connectivity index is 1.44. The van der Waals surface area contributed by atoms with E-state index in [4.69, 9.17) is 14.2 Å². The van der Waals surface area contributed by atoms with Gasteiger partial charge < -0.3 is 19.5 Å². The lowest BCUT2D eigenvalue weighted by atomic mass is 9.91. The second kappa shape index (κ2) is 8.74. The van der Waals surface area contributed by atoms with E-state index in [1.54, 1.807) is 18.2 Å². The number of nitrogens with one attached hydrogen (secondary N) is 1. The fraction of sp³-hybridized carbons (Fsp3) is 0.333. The summed E-state index contributed by atoms with van der Waals surface area (Å²) in [5, 5.41) is 2.84. The van der Waals surface area contributed by atoms with E-state index in [0.717, 1.165) is 44.0 Å². The standard InChI is InChI=1S/C27H28N2O5/c1-27(2)21(18-6-4-17(5-7-18)16-29-10-12-33-13-11-29)15-23(34-27)24-20-9-8-19(26(31)32-3)14-22(20)28-25(24)30/h4-9,14-15H,10-13,16H2,1-3H3,(H,28,30)/b24-23+. The van der Waals surface area contributed by atoms with E-state index in [1.165, 1.54) is 12.7 Å². The van der Waals surface area contributed by atoms with Crippen LogP contribution in [0.2, 0.25) is 0 Å². The molecule has 0 radical (unpaired) electrons. The van der Waals surface area contributed by atoms with Crippen LogP contribution in [0.5, 0.6) is 0 Å². The molecule has 0 bridgehead atoms. The fourth-order valence-electron chi connectivity index (χ4n) is 4.69. The Morgan fingerprint density at radius 2 is 1.85 bits per heavy atom. The number of esters is 1. The van der Waals surface area contributed by atoms with E-state index in [-0.39, 0.29) is 5.91 Å². The van der Waals surface area contributed by atoms with E-state index in [0.29, 0.717) is 28.1 Å². The van der Waals surface area contributed by atoms with Crippen molar-refractivity contribution in [3.63, 3.8) is 0 Å². The number of carbonyl (C=O) groups is 2. The summed E-state index contributed by atoms with van der Waals surface area (Å²) >= 11 is 0. The average molecular weight is 461 g/mol. The normalized spacial score (nSPS) is 21.5. The summed E-state index contributed by atoms with van der Waals surface area (Å²) in [6.07, 6.45) is 1.95. The van der Waals surface area contributed by atoms with Crippen LogP contribution in [0.25, 0.3) is 11.1 Å². The largest absolute Gasteiger partial charge is 0.482 e. The summed E-state index contributed by atoms with van der Waals surface area (Å²) < 4.78 is 16.5. The van der Waals surface area contributed by atoms with Gasteiger partial charge in [0.25, 0.3) is 5.91 Å². The molecule has 3 aliphatic heterocycles. The maximum Gasteiger partial charge on any atom is 0.337 e. The number of fused-ring (bicyclic) bond motifs is 1. The van der Waals surface area contributed by atoms with Gasteiger partial charge in [0.2, 0.25) is 0 Å². The number of rotatable bonds is 4. The van der Waals surface area contributed by atoms with Gasteiger partial charge in [0, 0.05) is 30.8 Å². The number of carbonyl (C=O) groups excluding carboxylic acids is 2. The van der Waals surface area contributed by atoms with Crippen LogP contribution in [0.4, 0.5) is 5.69 Å². The highest BCUT2D eigenvalue weighted by atomic mass is 16.5. The van der Waals surface area contributed by atoms with Gasteiger partial charge in [-0.2, -0.15) is 0 Å². The van der Waals surface area contributed by atoms with Crippen LogP contribution in [0.3, 0.4) is 0 Å². The van der Waals surface area contributed by atoms with Gasteiger partial charge >= 0.3 is 5.97 Å². The van der Waals surface area contributed by atoms with Gasteiger partial charge in [-0.1, -0.05) is 30.3 Å².